The van der Waals surface area contributed by atoms with Crippen LogP contribution in [-0.2, 0) is 21.4 Å². The normalized spacial score (nSPS) is 13.6. The van der Waals surface area contributed by atoms with E-state index in [1.165, 1.54) is 38.2 Å². The molecule has 11 heteroatoms. The molecular weight excluding hydrogens is 419 g/mol. The molecule has 29 heavy (non-hydrogen) atoms. The maximum absolute atomic E-state index is 13.9. The topological polar surface area (TPSA) is 107 Å². The molecule has 1 atom stereocenters. The molecule has 0 saturated carbocycles. The molecule has 154 valence electrons. The predicted molar refractivity (Wildman–Crippen MR) is 104 cm³/mol. The van der Waals surface area contributed by atoms with E-state index in [4.69, 9.17) is 4.52 Å². The average molecular weight is 439 g/mol. The molecule has 3 rings (SSSR count). The van der Waals surface area contributed by atoms with Crippen molar-refractivity contribution in [3.63, 3.8) is 0 Å². The quantitative estimate of drug-likeness (QED) is 0.635. The van der Waals surface area contributed by atoms with Gasteiger partial charge in [0, 0.05) is 17.1 Å². The summed E-state index contributed by atoms with van der Waals surface area (Å²) in [6.45, 7) is 4.57. The van der Waals surface area contributed by atoms with E-state index in [2.05, 4.69) is 14.9 Å². The number of nitrogens with one attached hydrogen (secondary N) is 1. The van der Waals surface area contributed by atoms with Gasteiger partial charge < -0.3 is 9.09 Å². The van der Waals surface area contributed by atoms with Crippen LogP contribution in [0, 0.1) is 19.7 Å². The number of aryl methyl sites for hydroxylation is 2. The highest BCUT2D eigenvalue weighted by atomic mass is 32.2. The van der Waals surface area contributed by atoms with Crippen LogP contribution in [0.25, 0.3) is 0 Å². The van der Waals surface area contributed by atoms with Crippen molar-refractivity contribution in [1.29, 1.82) is 0 Å². The van der Waals surface area contributed by atoms with Crippen LogP contribution in [0.5, 0.6) is 0 Å². The Kier molecular flexibility index (Phi) is 6.10. The van der Waals surface area contributed by atoms with Crippen LogP contribution in [0.2, 0.25) is 0 Å². The van der Waals surface area contributed by atoms with Gasteiger partial charge in [0.25, 0.3) is 5.91 Å². The Morgan fingerprint density at radius 3 is 2.76 bits per heavy atom. The molecule has 2 aromatic heterocycles. The molecule has 1 amide bonds. The lowest BCUT2D eigenvalue weighted by Crippen LogP contribution is -2.39. The molecule has 0 radical (unpaired) electrons. The number of rotatable bonds is 6. The number of hydrogen-bond donors (Lipinski definition) is 1. The van der Waals surface area contributed by atoms with Crippen molar-refractivity contribution >= 4 is 27.3 Å². The zero-order chi connectivity index (χ0) is 21.2. The first-order valence-corrected chi connectivity index (χ1v) is 11.0. The lowest BCUT2D eigenvalue weighted by atomic mass is 10.2. The number of carbonyl (C=O) groups is 1. The van der Waals surface area contributed by atoms with E-state index in [1.54, 1.807) is 34.3 Å². The number of hydrogen-bond acceptors (Lipinski definition) is 6. The highest BCUT2D eigenvalue weighted by Crippen LogP contribution is 2.19. The van der Waals surface area contributed by atoms with Crippen molar-refractivity contribution in [2.75, 3.05) is 0 Å². The van der Waals surface area contributed by atoms with Crippen LogP contribution < -0.4 is 9.52 Å². The Labute approximate surface area is 170 Å². The van der Waals surface area contributed by atoms with Crippen LogP contribution in [0.4, 0.5) is 4.39 Å². The fraction of sp³-hybridized carbons (Fsp3) is 0.278. The van der Waals surface area contributed by atoms with Gasteiger partial charge in [-0.2, -0.15) is 9.71 Å². The van der Waals surface area contributed by atoms with Gasteiger partial charge in [-0.25, -0.2) is 12.8 Å². The van der Waals surface area contributed by atoms with Gasteiger partial charge in [0.1, 0.15) is 22.4 Å². The van der Waals surface area contributed by atoms with E-state index >= 15 is 0 Å². The van der Waals surface area contributed by atoms with E-state index in [1.807, 2.05) is 0 Å². The first-order chi connectivity index (χ1) is 13.7. The molecular formula is C18H19FN4O4S2. The summed E-state index contributed by atoms with van der Waals surface area (Å²) in [4.78, 5) is 16.7. The second kappa shape index (κ2) is 8.39. The molecule has 2 heterocycles. The summed E-state index contributed by atoms with van der Waals surface area (Å²) in [6, 6.07) is 5.21. The van der Waals surface area contributed by atoms with Crippen molar-refractivity contribution in [2.24, 2.45) is 4.99 Å². The standard InChI is InChI=1S/C18H19FN4O4S2/c1-11-16(13(3)27-21-11)29(25,26)22-12(2)17(24)20-18-23(8-9-28-18)10-14-6-4-5-7-15(14)19/h4-9,12,22H,10H2,1-3H3/t12-/m0/s1. The van der Waals surface area contributed by atoms with Gasteiger partial charge in [-0.15, -0.1) is 11.3 Å². The highest BCUT2D eigenvalue weighted by Gasteiger charge is 2.28. The van der Waals surface area contributed by atoms with Crippen LogP contribution >= 0.6 is 11.3 Å². The number of thiazole rings is 1. The molecule has 0 fully saturated rings. The third kappa shape index (κ3) is 4.69. The van der Waals surface area contributed by atoms with Crippen molar-refractivity contribution in [3.05, 3.63) is 63.5 Å². The maximum Gasteiger partial charge on any atom is 0.266 e. The van der Waals surface area contributed by atoms with Gasteiger partial charge in [-0.3, -0.25) is 4.79 Å². The maximum atomic E-state index is 13.9. The van der Waals surface area contributed by atoms with E-state index in [9.17, 15) is 17.6 Å². The third-order valence-corrected chi connectivity index (χ3v) is 6.68. The molecule has 3 aromatic rings. The van der Waals surface area contributed by atoms with Gasteiger partial charge in [-0.05, 0) is 26.8 Å². The molecule has 0 spiro atoms. The molecule has 0 aliphatic rings. The number of nitrogens with zero attached hydrogens (tertiary/aromatic N) is 3. The minimum atomic E-state index is -4.01. The summed E-state index contributed by atoms with van der Waals surface area (Å²) in [5.41, 5.74) is 0.652. The minimum absolute atomic E-state index is 0.0945. The second-order valence-corrected chi connectivity index (χ2v) is 8.88. The average Bonchev–Trinajstić information content (AvgIpc) is 3.22. The Morgan fingerprint density at radius 1 is 1.38 bits per heavy atom. The van der Waals surface area contributed by atoms with Crippen LogP contribution in [0.3, 0.4) is 0 Å². The molecule has 0 unspecified atom stereocenters. The van der Waals surface area contributed by atoms with Crippen LogP contribution in [-0.4, -0.2) is 30.1 Å². The van der Waals surface area contributed by atoms with E-state index in [0.29, 0.717) is 10.4 Å². The fourth-order valence-corrected chi connectivity index (χ4v) is 4.97. The van der Waals surface area contributed by atoms with Crippen molar-refractivity contribution in [2.45, 2.75) is 38.3 Å². The number of aromatic nitrogens is 2. The van der Waals surface area contributed by atoms with Crippen molar-refractivity contribution in [3.8, 4) is 0 Å². The first kappa shape index (κ1) is 21.1. The van der Waals surface area contributed by atoms with Gasteiger partial charge in [-0.1, -0.05) is 23.4 Å². The van der Waals surface area contributed by atoms with E-state index < -0.39 is 22.0 Å². The smallest absolute Gasteiger partial charge is 0.266 e. The second-order valence-electron chi connectivity index (χ2n) is 6.35. The molecule has 1 N–H and O–H groups in total. The summed E-state index contributed by atoms with van der Waals surface area (Å²) in [6.07, 6.45) is 1.68. The highest BCUT2D eigenvalue weighted by molar-refractivity contribution is 7.89. The SMILES string of the molecule is Cc1noc(C)c1S(=O)(=O)N[C@@H](C)C(=O)N=c1sccn1Cc1ccccc1F. The predicted octanol–water partition coefficient (Wildman–Crippen LogP) is 2.14. The summed E-state index contributed by atoms with van der Waals surface area (Å²) in [5, 5.41) is 5.33. The molecule has 8 nitrogen and oxygen atoms in total. The molecule has 0 saturated heterocycles. The number of amides is 1. The van der Waals surface area contributed by atoms with Gasteiger partial charge in [0.05, 0.1) is 6.54 Å². The first-order valence-electron chi connectivity index (χ1n) is 8.60. The molecule has 0 aliphatic heterocycles. The van der Waals surface area contributed by atoms with E-state index in [0.717, 1.165) is 0 Å². The largest absolute Gasteiger partial charge is 0.360 e. The summed E-state index contributed by atoms with van der Waals surface area (Å²) < 4.78 is 47.8. The zero-order valence-electron chi connectivity index (χ0n) is 15.9. The van der Waals surface area contributed by atoms with Crippen LogP contribution in [0.15, 0.2) is 50.3 Å². The van der Waals surface area contributed by atoms with Gasteiger partial charge in [0.2, 0.25) is 10.0 Å². The van der Waals surface area contributed by atoms with E-state index in [-0.39, 0.29) is 28.7 Å². The summed E-state index contributed by atoms with van der Waals surface area (Å²) >= 11 is 1.19. The zero-order valence-corrected chi connectivity index (χ0v) is 17.6. The van der Waals surface area contributed by atoms with Gasteiger partial charge >= 0.3 is 0 Å². The number of benzene rings is 1. The lowest BCUT2D eigenvalue weighted by Gasteiger charge is -2.10. The minimum Gasteiger partial charge on any atom is -0.360 e. The molecule has 0 bridgehead atoms. The molecule has 0 aliphatic carbocycles. The van der Waals surface area contributed by atoms with Gasteiger partial charge in [0.15, 0.2) is 10.6 Å². The lowest BCUT2D eigenvalue weighted by molar-refractivity contribution is -0.119. The number of carbonyl (C=O) groups excluding carboxylic acids is 1. The monoisotopic (exact) mass is 438 g/mol. The van der Waals surface area contributed by atoms with Crippen molar-refractivity contribution < 1.29 is 22.1 Å². The third-order valence-electron chi connectivity index (χ3n) is 4.10. The Bertz CT molecular complexity index is 1190. The number of halogens is 1. The molecule has 1 aromatic carbocycles. The van der Waals surface area contributed by atoms with Crippen molar-refractivity contribution in [1.82, 2.24) is 14.4 Å². The Morgan fingerprint density at radius 2 is 2.10 bits per heavy atom. The van der Waals surface area contributed by atoms with Crippen LogP contribution in [0.1, 0.15) is 23.9 Å². The Balaban J connectivity index is 1.81. The fourth-order valence-electron chi connectivity index (χ4n) is 2.71. The summed E-state index contributed by atoms with van der Waals surface area (Å²) in [7, 11) is -4.01. The Hall–Kier alpha value is -2.63. The number of sulfonamides is 1. The summed E-state index contributed by atoms with van der Waals surface area (Å²) in [5.74, 6) is -0.901.